The van der Waals surface area contributed by atoms with Crippen molar-refractivity contribution < 1.29 is 23.9 Å². The number of carbonyl (C=O) groups is 3. The Labute approximate surface area is 157 Å². The number of ether oxygens (including phenoxy) is 2. The molecular weight excluding hydrogens is 348 g/mol. The lowest BCUT2D eigenvalue weighted by molar-refractivity contribution is -0.129. The molecule has 0 saturated heterocycles. The Hall–Kier alpha value is -3.19. The predicted octanol–water partition coefficient (Wildman–Crippen LogP) is 2.58. The monoisotopic (exact) mass is 370 g/mol. The van der Waals surface area contributed by atoms with Gasteiger partial charge in [-0.05, 0) is 24.6 Å². The summed E-state index contributed by atoms with van der Waals surface area (Å²) in [6, 6.07) is 14.5. The molecule has 2 aromatic carbocycles. The van der Waals surface area contributed by atoms with Crippen molar-refractivity contribution in [2.45, 2.75) is 19.6 Å². The van der Waals surface area contributed by atoms with E-state index in [0.29, 0.717) is 24.3 Å². The third-order valence-corrected chi connectivity index (χ3v) is 3.64. The second-order valence-electron chi connectivity index (χ2n) is 5.67. The van der Waals surface area contributed by atoms with E-state index in [1.807, 2.05) is 0 Å². The number of carbonyl (C=O) groups excluding carboxylic acids is 3. The Morgan fingerprint density at radius 1 is 1.00 bits per heavy atom. The number of amides is 3. The quantitative estimate of drug-likeness (QED) is 0.731. The molecule has 1 atom stereocenters. The van der Waals surface area contributed by atoms with E-state index in [1.54, 1.807) is 68.6 Å². The number of rotatable bonds is 7. The molecule has 3 amide bonds. The highest BCUT2D eigenvalue weighted by atomic mass is 16.5. The lowest BCUT2D eigenvalue weighted by Crippen LogP contribution is -2.42. The number of esters is 1. The average Bonchev–Trinajstić information content (AvgIpc) is 2.67. The van der Waals surface area contributed by atoms with Gasteiger partial charge in [0, 0.05) is 19.2 Å². The van der Waals surface area contributed by atoms with Crippen LogP contribution in [0.4, 0.5) is 4.79 Å². The maximum absolute atomic E-state index is 12.5. The molecule has 0 radical (unpaired) electrons. The molecule has 7 nitrogen and oxygen atoms in total. The van der Waals surface area contributed by atoms with Crippen molar-refractivity contribution in [3.63, 3.8) is 0 Å². The molecule has 27 heavy (non-hydrogen) atoms. The molecule has 7 heteroatoms. The third-order valence-electron chi connectivity index (χ3n) is 3.64. The van der Waals surface area contributed by atoms with Gasteiger partial charge in [0.1, 0.15) is 0 Å². The van der Waals surface area contributed by atoms with E-state index in [2.05, 4.69) is 10.6 Å². The topological polar surface area (TPSA) is 93.7 Å². The fourth-order valence-electron chi connectivity index (χ4n) is 2.36. The number of methoxy groups -OCH3 is 1. The smallest absolute Gasteiger partial charge is 0.339 e. The molecule has 0 spiro atoms. The van der Waals surface area contributed by atoms with Crippen LogP contribution in [0.15, 0.2) is 54.6 Å². The molecule has 0 heterocycles. The van der Waals surface area contributed by atoms with Crippen LogP contribution in [0.25, 0.3) is 0 Å². The van der Waals surface area contributed by atoms with Gasteiger partial charge in [0.05, 0.1) is 12.2 Å². The molecule has 0 fully saturated rings. The van der Waals surface area contributed by atoms with E-state index < -0.39 is 24.0 Å². The summed E-state index contributed by atoms with van der Waals surface area (Å²) in [5.74, 6) is -1.39. The van der Waals surface area contributed by atoms with Gasteiger partial charge in [-0.25, -0.2) is 9.59 Å². The van der Waals surface area contributed by atoms with E-state index in [0.717, 1.165) is 5.56 Å². The van der Waals surface area contributed by atoms with E-state index in [1.165, 1.54) is 0 Å². The molecule has 2 rings (SSSR count). The van der Waals surface area contributed by atoms with Crippen LogP contribution < -0.4 is 10.6 Å². The van der Waals surface area contributed by atoms with Crippen LogP contribution in [0.5, 0.6) is 0 Å². The van der Waals surface area contributed by atoms with Crippen molar-refractivity contribution in [2.75, 3.05) is 13.7 Å². The van der Waals surface area contributed by atoms with Crippen molar-refractivity contribution in [3.8, 4) is 0 Å². The Balaban J connectivity index is 2.17. The third kappa shape index (κ3) is 5.93. The van der Waals surface area contributed by atoms with Gasteiger partial charge in [0.2, 0.25) is 6.10 Å². The maximum atomic E-state index is 12.5. The van der Waals surface area contributed by atoms with Crippen LogP contribution >= 0.6 is 0 Å². The number of hydrogen-bond donors (Lipinski definition) is 2. The summed E-state index contributed by atoms with van der Waals surface area (Å²) >= 11 is 0. The van der Waals surface area contributed by atoms with Gasteiger partial charge in [-0.2, -0.15) is 0 Å². The number of imide groups is 1. The molecule has 0 aromatic heterocycles. The molecule has 0 aliphatic carbocycles. The zero-order valence-electron chi connectivity index (χ0n) is 15.2. The van der Waals surface area contributed by atoms with Crippen molar-refractivity contribution in [1.29, 1.82) is 0 Å². The summed E-state index contributed by atoms with van der Waals surface area (Å²) in [6.45, 7) is 2.52. The number of benzene rings is 2. The summed E-state index contributed by atoms with van der Waals surface area (Å²) in [4.78, 5) is 36.6. The van der Waals surface area contributed by atoms with Crippen LogP contribution in [0.1, 0.15) is 34.5 Å². The molecule has 0 saturated carbocycles. The summed E-state index contributed by atoms with van der Waals surface area (Å²) in [6.07, 6.45) is -1.25. The summed E-state index contributed by atoms with van der Waals surface area (Å²) in [5, 5.41) is 4.64. The fraction of sp³-hybridized carbons (Fsp3) is 0.250. The Bertz CT molecular complexity index is 775. The summed E-state index contributed by atoms with van der Waals surface area (Å²) in [5.41, 5.74) is 1.66. The molecule has 0 aliphatic heterocycles. The van der Waals surface area contributed by atoms with Crippen LogP contribution in [-0.2, 0) is 20.9 Å². The maximum Gasteiger partial charge on any atom is 0.339 e. The van der Waals surface area contributed by atoms with Crippen molar-refractivity contribution in [2.24, 2.45) is 0 Å². The lowest BCUT2D eigenvalue weighted by atomic mass is 10.1. The molecule has 0 bridgehead atoms. The van der Waals surface area contributed by atoms with E-state index in [-0.39, 0.29) is 0 Å². The minimum Gasteiger partial charge on any atom is -0.444 e. The van der Waals surface area contributed by atoms with Crippen LogP contribution in [0.3, 0.4) is 0 Å². The van der Waals surface area contributed by atoms with Gasteiger partial charge >= 0.3 is 12.0 Å². The van der Waals surface area contributed by atoms with Gasteiger partial charge in [0.25, 0.3) is 5.91 Å². The van der Waals surface area contributed by atoms with Crippen LogP contribution in [-0.4, -0.2) is 31.6 Å². The first-order valence-electron chi connectivity index (χ1n) is 8.47. The first kappa shape index (κ1) is 20.1. The second kappa shape index (κ2) is 10.1. The minimum atomic E-state index is -1.25. The SMILES string of the molecule is CCNC(=O)NC(=O)C(OC(=O)c1ccc(COC)cc1)c1ccccc1. The lowest BCUT2D eigenvalue weighted by Gasteiger charge is -2.18. The van der Waals surface area contributed by atoms with Gasteiger partial charge in [-0.3, -0.25) is 10.1 Å². The highest BCUT2D eigenvalue weighted by molar-refractivity contribution is 5.99. The molecule has 1 unspecified atom stereocenters. The summed E-state index contributed by atoms with van der Waals surface area (Å²) in [7, 11) is 1.58. The van der Waals surface area contributed by atoms with E-state index in [4.69, 9.17) is 9.47 Å². The van der Waals surface area contributed by atoms with Crippen molar-refractivity contribution in [3.05, 3.63) is 71.3 Å². The van der Waals surface area contributed by atoms with Crippen molar-refractivity contribution >= 4 is 17.9 Å². The van der Waals surface area contributed by atoms with Crippen LogP contribution in [0.2, 0.25) is 0 Å². The van der Waals surface area contributed by atoms with E-state index >= 15 is 0 Å². The highest BCUT2D eigenvalue weighted by Crippen LogP contribution is 2.20. The molecule has 142 valence electrons. The zero-order chi connectivity index (χ0) is 19.6. The summed E-state index contributed by atoms with van der Waals surface area (Å²) < 4.78 is 10.4. The number of hydrogen-bond acceptors (Lipinski definition) is 5. The van der Waals surface area contributed by atoms with Gasteiger partial charge < -0.3 is 14.8 Å². The Morgan fingerprint density at radius 3 is 2.26 bits per heavy atom. The average molecular weight is 370 g/mol. The van der Waals surface area contributed by atoms with Gasteiger partial charge in [-0.1, -0.05) is 42.5 Å². The largest absolute Gasteiger partial charge is 0.444 e. The normalized spacial score (nSPS) is 11.3. The molecular formula is C20H22N2O5. The number of nitrogens with one attached hydrogen (secondary N) is 2. The van der Waals surface area contributed by atoms with Gasteiger partial charge in [-0.15, -0.1) is 0 Å². The number of urea groups is 1. The second-order valence-corrected chi connectivity index (χ2v) is 5.67. The van der Waals surface area contributed by atoms with Crippen LogP contribution in [0, 0.1) is 0 Å². The first-order chi connectivity index (χ1) is 13.0. The first-order valence-corrected chi connectivity index (χ1v) is 8.47. The Kier molecular flexibility index (Phi) is 7.51. The standard InChI is InChI=1S/C20H22N2O5/c1-3-21-20(25)22-18(23)17(15-7-5-4-6-8-15)27-19(24)16-11-9-14(10-12-16)13-26-2/h4-12,17H,3,13H2,1-2H3,(H2,21,22,23,25). The van der Waals surface area contributed by atoms with Crippen molar-refractivity contribution in [1.82, 2.24) is 10.6 Å². The molecule has 2 N–H and O–H groups in total. The Morgan fingerprint density at radius 2 is 1.67 bits per heavy atom. The van der Waals surface area contributed by atoms with Gasteiger partial charge in [0.15, 0.2) is 0 Å². The zero-order valence-corrected chi connectivity index (χ0v) is 15.2. The molecule has 0 aliphatic rings. The minimum absolute atomic E-state index is 0.293. The fourth-order valence-corrected chi connectivity index (χ4v) is 2.36. The van der Waals surface area contributed by atoms with E-state index in [9.17, 15) is 14.4 Å². The predicted molar refractivity (Wildman–Crippen MR) is 99.0 cm³/mol. The highest BCUT2D eigenvalue weighted by Gasteiger charge is 2.27. The molecule has 2 aromatic rings.